The molecule has 0 saturated heterocycles. The topological polar surface area (TPSA) is 56.9 Å². The van der Waals surface area contributed by atoms with Gasteiger partial charge in [-0.05, 0) is 18.2 Å². The summed E-state index contributed by atoms with van der Waals surface area (Å²) in [7, 11) is 0. The maximum atomic E-state index is 8.50. The Labute approximate surface area is 70.6 Å². The third-order valence-corrected chi connectivity index (χ3v) is 1.28. The molecule has 3 nitrogen and oxygen atoms in total. The van der Waals surface area contributed by atoms with Gasteiger partial charge in [-0.1, -0.05) is 12.1 Å². The first-order valence-corrected chi connectivity index (χ1v) is 3.51. The molecule has 0 aromatic carbocycles. The summed E-state index contributed by atoms with van der Waals surface area (Å²) in [5, 5.41) is 17.0. The van der Waals surface area contributed by atoms with Gasteiger partial charge >= 0.3 is 0 Å². The van der Waals surface area contributed by atoms with Gasteiger partial charge in [-0.15, -0.1) is 0 Å². The van der Waals surface area contributed by atoms with Crippen LogP contribution >= 0.6 is 0 Å². The molecule has 0 saturated carbocycles. The van der Waals surface area contributed by atoms with Gasteiger partial charge in [-0.25, -0.2) is 4.98 Å². The van der Waals surface area contributed by atoms with Crippen molar-refractivity contribution in [1.29, 1.82) is 5.26 Å². The normalized spacial score (nSPS) is 10.0. The molecule has 1 N–H and O–H groups in total. The van der Waals surface area contributed by atoms with Gasteiger partial charge in [-0.2, -0.15) is 5.26 Å². The molecule has 1 aromatic rings. The Morgan fingerprint density at radius 3 is 3.08 bits per heavy atom. The van der Waals surface area contributed by atoms with Crippen molar-refractivity contribution in [2.45, 2.75) is 0 Å². The number of pyridine rings is 1. The van der Waals surface area contributed by atoms with E-state index in [4.69, 9.17) is 10.4 Å². The summed E-state index contributed by atoms with van der Waals surface area (Å²) >= 11 is 0. The van der Waals surface area contributed by atoms with Crippen molar-refractivity contribution in [3.8, 4) is 6.07 Å². The summed E-state index contributed by atoms with van der Waals surface area (Å²) in [5.41, 5.74) is 1.07. The van der Waals surface area contributed by atoms with E-state index in [0.29, 0.717) is 11.4 Å². The maximum absolute atomic E-state index is 8.50. The fourth-order valence-electron chi connectivity index (χ4n) is 0.780. The van der Waals surface area contributed by atoms with Crippen molar-refractivity contribution < 1.29 is 5.11 Å². The molecule has 0 unspecified atom stereocenters. The molecule has 3 heteroatoms. The number of nitriles is 1. The van der Waals surface area contributed by atoms with E-state index in [1.807, 2.05) is 6.07 Å². The summed E-state index contributed by atoms with van der Waals surface area (Å²) in [6.45, 7) is -0.0154. The Bertz CT molecular complexity index is 326. The van der Waals surface area contributed by atoms with Crippen LogP contribution in [0.5, 0.6) is 0 Å². The van der Waals surface area contributed by atoms with Crippen molar-refractivity contribution in [1.82, 2.24) is 4.98 Å². The number of aliphatic hydroxyl groups excluding tert-OH is 1. The van der Waals surface area contributed by atoms with Crippen LogP contribution in [0.25, 0.3) is 6.08 Å². The lowest BCUT2D eigenvalue weighted by Gasteiger charge is -1.91. The van der Waals surface area contributed by atoms with E-state index in [9.17, 15) is 0 Å². The molecule has 1 heterocycles. The predicted molar refractivity (Wildman–Crippen MR) is 45.1 cm³/mol. The third-order valence-electron chi connectivity index (χ3n) is 1.28. The lowest BCUT2D eigenvalue weighted by atomic mass is 10.3. The summed E-state index contributed by atoms with van der Waals surface area (Å²) in [6, 6.07) is 7.09. The Balaban J connectivity index is 2.88. The average Bonchev–Trinajstić information content (AvgIpc) is 2.15. The average molecular weight is 160 g/mol. The van der Waals surface area contributed by atoms with Crippen LogP contribution in [0.4, 0.5) is 0 Å². The minimum atomic E-state index is -0.0154. The van der Waals surface area contributed by atoms with Crippen molar-refractivity contribution in [3.05, 3.63) is 35.7 Å². The molecule has 0 atom stereocenters. The largest absolute Gasteiger partial charge is 0.392 e. The minimum Gasteiger partial charge on any atom is -0.392 e. The predicted octanol–water partition coefficient (Wildman–Crippen LogP) is 0.959. The van der Waals surface area contributed by atoms with Crippen LogP contribution in [-0.2, 0) is 0 Å². The number of aliphatic hydroxyl groups is 1. The highest BCUT2D eigenvalue weighted by molar-refractivity contribution is 5.45. The first-order valence-electron chi connectivity index (χ1n) is 3.51. The molecule has 1 rings (SSSR count). The molecule has 0 aliphatic heterocycles. The lowest BCUT2D eigenvalue weighted by molar-refractivity contribution is 0.343. The molecule has 1 aromatic heterocycles. The highest BCUT2D eigenvalue weighted by Crippen LogP contribution is 1.99. The van der Waals surface area contributed by atoms with E-state index in [-0.39, 0.29) is 6.61 Å². The Morgan fingerprint density at radius 2 is 2.42 bits per heavy atom. The molecule has 0 spiro atoms. The molecule has 12 heavy (non-hydrogen) atoms. The first-order chi connectivity index (χ1) is 5.86. The number of hydrogen-bond acceptors (Lipinski definition) is 3. The molecule has 0 amide bonds. The molecule has 60 valence electrons. The van der Waals surface area contributed by atoms with Gasteiger partial charge in [0, 0.05) is 0 Å². The van der Waals surface area contributed by atoms with Crippen LogP contribution in [0.15, 0.2) is 24.3 Å². The second-order valence-corrected chi connectivity index (χ2v) is 2.14. The second-order valence-electron chi connectivity index (χ2n) is 2.14. The van der Waals surface area contributed by atoms with Gasteiger partial charge in [-0.3, -0.25) is 0 Å². The molecule has 0 fully saturated rings. The van der Waals surface area contributed by atoms with Crippen molar-refractivity contribution in [3.63, 3.8) is 0 Å². The number of nitrogens with zero attached hydrogens (tertiary/aromatic N) is 2. The van der Waals surface area contributed by atoms with Gasteiger partial charge in [0.05, 0.1) is 12.3 Å². The summed E-state index contributed by atoms with van der Waals surface area (Å²) in [5.74, 6) is 0. The zero-order chi connectivity index (χ0) is 8.81. The van der Waals surface area contributed by atoms with Gasteiger partial charge in [0.1, 0.15) is 11.8 Å². The fourth-order valence-corrected chi connectivity index (χ4v) is 0.780. The van der Waals surface area contributed by atoms with Crippen LogP contribution < -0.4 is 0 Å². The smallest absolute Gasteiger partial charge is 0.141 e. The molecule has 0 aliphatic rings. The molecule has 0 bridgehead atoms. The first kappa shape index (κ1) is 8.44. The van der Waals surface area contributed by atoms with Crippen LogP contribution in [0, 0.1) is 11.3 Å². The van der Waals surface area contributed by atoms with Crippen molar-refractivity contribution in [2.24, 2.45) is 0 Å². The maximum Gasteiger partial charge on any atom is 0.141 e. The minimum absolute atomic E-state index is 0.0154. The van der Waals surface area contributed by atoms with Crippen LogP contribution in [0.1, 0.15) is 11.4 Å². The van der Waals surface area contributed by atoms with Crippen LogP contribution in [0.2, 0.25) is 0 Å². The van der Waals surface area contributed by atoms with Crippen LogP contribution in [0.3, 0.4) is 0 Å². The second kappa shape index (κ2) is 4.27. The number of aromatic nitrogens is 1. The van der Waals surface area contributed by atoms with Crippen molar-refractivity contribution in [2.75, 3.05) is 6.61 Å². The SMILES string of the molecule is N#Cc1cccc(C=CCO)n1. The van der Waals surface area contributed by atoms with E-state index in [0.717, 1.165) is 0 Å². The van der Waals surface area contributed by atoms with E-state index in [1.165, 1.54) is 0 Å². The van der Waals surface area contributed by atoms with Crippen LogP contribution in [-0.4, -0.2) is 16.7 Å². The van der Waals surface area contributed by atoms with Crippen molar-refractivity contribution >= 4 is 6.08 Å². The summed E-state index contributed by atoms with van der Waals surface area (Å²) in [4.78, 5) is 3.97. The Morgan fingerprint density at radius 1 is 1.58 bits per heavy atom. The Kier molecular flexibility index (Phi) is 3.00. The molecule has 0 radical (unpaired) electrons. The molecular weight excluding hydrogens is 152 g/mol. The quantitative estimate of drug-likeness (QED) is 0.701. The van der Waals surface area contributed by atoms with E-state index < -0.39 is 0 Å². The standard InChI is InChI=1S/C9H8N2O/c10-7-9-4-1-3-8(11-9)5-2-6-12/h1-5,12H,6H2. The van der Waals surface area contributed by atoms with Gasteiger partial charge in [0.2, 0.25) is 0 Å². The fraction of sp³-hybridized carbons (Fsp3) is 0.111. The highest BCUT2D eigenvalue weighted by atomic mass is 16.2. The zero-order valence-electron chi connectivity index (χ0n) is 6.44. The van der Waals surface area contributed by atoms with Gasteiger partial charge < -0.3 is 5.11 Å². The Hall–Kier alpha value is -1.66. The van der Waals surface area contributed by atoms with E-state index >= 15 is 0 Å². The van der Waals surface area contributed by atoms with E-state index in [1.54, 1.807) is 30.4 Å². The van der Waals surface area contributed by atoms with Gasteiger partial charge in [0.15, 0.2) is 0 Å². The zero-order valence-corrected chi connectivity index (χ0v) is 6.44. The lowest BCUT2D eigenvalue weighted by Crippen LogP contribution is -1.85. The monoisotopic (exact) mass is 160 g/mol. The summed E-state index contributed by atoms with van der Waals surface area (Å²) in [6.07, 6.45) is 3.24. The molecule has 0 aliphatic carbocycles. The highest BCUT2D eigenvalue weighted by Gasteiger charge is 1.90. The molecular formula is C9H8N2O. The van der Waals surface area contributed by atoms with Gasteiger partial charge in [0.25, 0.3) is 0 Å². The number of rotatable bonds is 2. The summed E-state index contributed by atoms with van der Waals surface area (Å²) < 4.78 is 0. The third kappa shape index (κ3) is 2.19. The number of hydrogen-bond donors (Lipinski definition) is 1. The van der Waals surface area contributed by atoms with E-state index in [2.05, 4.69) is 4.98 Å².